The van der Waals surface area contributed by atoms with Gasteiger partial charge in [0.25, 0.3) is 0 Å². The van der Waals surface area contributed by atoms with Crippen molar-refractivity contribution in [3.63, 3.8) is 0 Å². The molecule has 4 heteroatoms. The summed E-state index contributed by atoms with van der Waals surface area (Å²) >= 11 is 0. The highest BCUT2D eigenvalue weighted by Crippen LogP contribution is 2.33. The molecule has 1 aliphatic rings. The van der Waals surface area contributed by atoms with Crippen molar-refractivity contribution in [3.8, 4) is 11.5 Å². The molecule has 1 fully saturated rings. The zero-order chi connectivity index (χ0) is 10.7. The Morgan fingerprint density at radius 3 is 2.62 bits per heavy atom. The summed E-state index contributed by atoms with van der Waals surface area (Å²) in [6.45, 7) is 2.14. The first-order valence-electron chi connectivity index (χ1n) is 5.28. The summed E-state index contributed by atoms with van der Waals surface area (Å²) in [5, 5.41) is 3.36. The Kier molecular flexibility index (Phi) is 4.90. The normalized spacial score (nSPS) is 19.0. The molecule has 1 N–H and O–H groups in total. The molecule has 1 heterocycles. The van der Waals surface area contributed by atoms with Gasteiger partial charge in [-0.25, -0.2) is 0 Å². The Balaban J connectivity index is 0.00000128. The SMILES string of the molecule is COc1ccc(C2CCNC2)c(OC)c1.Cl. The fraction of sp³-hybridized carbons (Fsp3) is 0.500. The van der Waals surface area contributed by atoms with Crippen LogP contribution in [-0.2, 0) is 0 Å². The average Bonchev–Trinajstić information content (AvgIpc) is 2.81. The molecule has 1 aromatic rings. The predicted octanol–water partition coefficient (Wildman–Crippen LogP) is 2.20. The van der Waals surface area contributed by atoms with E-state index in [9.17, 15) is 0 Å². The van der Waals surface area contributed by atoms with Gasteiger partial charge < -0.3 is 14.8 Å². The number of methoxy groups -OCH3 is 2. The molecular formula is C12H18ClNO2. The summed E-state index contributed by atoms with van der Waals surface area (Å²) in [5.74, 6) is 2.36. The predicted molar refractivity (Wildman–Crippen MR) is 67.0 cm³/mol. The van der Waals surface area contributed by atoms with E-state index in [1.165, 1.54) is 12.0 Å². The van der Waals surface area contributed by atoms with Crippen molar-refractivity contribution in [1.82, 2.24) is 5.32 Å². The van der Waals surface area contributed by atoms with E-state index in [-0.39, 0.29) is 12.4 Å². The minimum Gasteiger partial charge on any atom is -0.497 e. The summed E-state index contributed by atoms with van der Waals surface area (Å²) in [7, 11) is 3.38. The van der Waals surface area contributed by atoms with Gasteiger partial charge in [-0.05, 0) is 24.6 Å². The molecule has 1 atom stereocenters. The van der Waals surface area contributed by atoms with Crippen LogP contribution in [0.5, 0.6) is 11.5 Å². The van der Waals surface area contributed by atoms with Gasteiger partial charge in [0.2, 0.25) is 0 Å². The highest BCUT2D eigenvalue weighted by atomic mass is 35.5. The van der Waals surface area contributed by atoms with Crippen LogP contribution in [0.3, 0.4) is 0 Å². The lowest BCUT2D eigenvalue weighted by Crippen LogP contribution is -2.08. The maximum Gasteiger partial charge on any atom is 0.126 e. The van der Waals surface area contributed by atoms with E-state index in [1.54, 1.807) is 14.2 Å². The standard InChI is InChI=1S/C12H17NO2.ClH/c1-14-10-3-4-11(12(7-10)15-2)9-5-6-13-8-9;/h3-4,7,9,13H,5-6,8H2,1-2H3;1H. The molecule has 1 unspecified atom stereocenters. The van der Waals surface area contributed by atoms with Crippen LogP contribution in [-0.4, -0.2) is 27.3 Å². The molecule has 3 nitrogen and oxygen atoms in total. The second-order valence-corrected chi connectivity index (χ2v) is 3.80. The van der Waals surface area contributed by atoms with E-state index in [1.807, 2.05) is 12.1 Å². The third kappa shape index (κ3) is 2.60. The number of benzene rings is 1. The van der Waals surface area contributed by atoms with Crippen LogP contribution < -0.4 is 14.8 Å². The molecule has 1 saturated heterocycles. The molecule has 0 spiro atoms. The van der Waals surface area contributed by atoms with Crippen LogP contribution in [0, 0.1) is 0 Å². The van der Waals surface area contributed by atoms with Gasteiger partial charge in [0.1, 0.15) is 11.5 Å². The summed E-state index contributed by atoms with van der Waals surface area (Å²) in [4.78, 5) is 0. The van der Waals surface area contributed by atoms with E-state index < -0.39 is 0 Å². The molecule has 16 heavy (non-hydrogen) atoms. The lowest BCUT2D eigenvalue weighted by molar-refractivity contribution is 0.389. The number of hydrogen-bond acceptors (Lipinski definition) is 3. The van der Waals surface area contributed by atoms with Gasteiger partial charge in [-0.3, -0.25) is 0 Å². The highest BCUT2D eigenvalue weighted by Gasteiger charge is 2.20. The van der Waals surface area contributed by atoms with E-state index in [0.29, 0.717) is 5.92 Å². The fourth-order valence-corrected chi connectivity index (χ4v) is 2.08. The Bertz CT molecular complexity index is 338. The number of halogens is 1. The molecule has 1 aliphatic heterocycles. The Hall–Kier alpha value is -0.930. The van der Waals surface area contributed by atoms with Crippen LogP contribution in [0.25, 0.3) is 0 Å². The van der Waals surface area contributed by atoms with Gasteiger partial charge in [-0.2, -0.15) is 0 Å². The monoisotopic (exact) mass is 243 g/mol. The Morgan fingerprint density at radius 2 is 2.06 bits per heavy atom. The third-order valence-corrected chi connectivity index (χ3v) is 2.94. The first-order valence-corrected chi connectivity index (χ1v) is 5.28. The number of hydrogen-bond donors (Lipinski definition) is 1. The van der Waals surface area contributed by atoms with Gasteiger partial charge in [0.15, 0.2) is 0 Å². The molecule has 0 radical (unpaired) electrons. The van der Waals surface area contributed by atoms with Gasteiger partial charge in [-0.15, -0.1) is 12.4 Å². The molecule has 0 saturated carbocycles. The minimum absolute atomic E-state index is 0. The molecule has 1 aromatic carbocycles. The summed E-state index contributed by atoms with van der Waals surface area (Å²) < 4.78 is 10.6. The van der Waals surface area contributed by atoms with Crippen LogP contribution in [0.4, 0.5) is 0 Å². The second kappa shape index (κ2) is 5.97. The number of ether oxygens (including phenoxy) is 2. The number of rotatable bonds is 3. The molecule has 0 aliphatic carbocycles. The largest absolute Gasteiger partial charge is 0.497 e. The van der Waals surface area contributed by atoms with E-state index >= 15 is 0 Å². The van der Waals surface area contributed by atoms with E-state index in [4.69, 9.17) is 9.47 Å². The first kappa shape index (κ1) is 13.1. The smallest absolute Gasteiger partial charge is 0.126 e. The van der Waals surface area contributed by atoms with Gasteiger partial charge in [-0.1, -0.05) is 6.07 Å². The summed E-state index contributed by atoms with van der Waals surface area (Å²) in [5.41, 5.74) is 1.28. The molecule has 0 bridgehead atoms. The number of nitrogens with one attached hydrogen (secondary N) is 1. The van der Waals surface area contributed by atoms with Crippen molar-refractivity contribution in [2.45, 2.75) is 12.3 Å². The lowest BCUT2D eigenvalue weighted by Gasteiger charge is -2.14. The van der Waals surface area contributed by atoms with Crippen molar-refractivity contribution in [1.29, 1.82) is 0 Å². The van der Waals surface area contributed by atoms with Crippen molar-refractivity contribution in [3.05, 3.63) is 23.8 Å². The van der Waals surface area contributed by atoms with Crippen molar-refractivity contribution in [2.24, 2.45) is 0 Å². The van der Waals surface area contributed by atoms with Crippen LogP contribution in [0.15, 0.2) is 18.2 Å². The lowest BCUT2D eigenvalue weighted by atomic mass is 9.97. The maximum absolute atomic E-state index is 5.39. The highest BCUT2D eigenvalue weighted by molar-refractivity contribution is 5.85. The Labute approximate surface area is 103 Å². The summed E-state index contributed by atoms with van der Waals surface area (Å²) in [6, 6.07) is 6.05. The van der Waals surface area contributed by atoms with Gasteiger partial charge in [0.05, 0.1) is 14.2 Å². The molecular weight excluding hydrogens is 226 g/mol. The zero-order valence-corrected chi connectivity index (χ0v) is 10.5. The van der Waals surface area contributed by atoms with Crippen molar-refractivity contribution < 1.29 is 9.47 Å². The van der Waals surface area contributed by atoms with Crippen LogP contribution in [0.2, 0.25) is 0 Å². The van der Waals surface area contributed by atoms with Crippen molar-refractivity contribution in [2.75, 3.05) is 27.3 Å². The summed E-state index contributed by atoms with van der Waals surface area (Å²) in [6.07, 6.45) is 1.18. The minimum atomic E-state index is 0. The first-order chi connectivity index (χ1) is 7.35. The van der Waals surface area contributed by atoms with Crippen LogP contribution in [0.1, 0.15) is 17.9 Å². The maximum atomic E-state index is 5.39. The molecule has 90 valence electrons. The molecule has 0 amide bonds. The zero-order valence-electron chi connectivity index (χ0n) is 9.66. The fourth-order valence-electron chi connectivity index (χ4n) is 2.08. The second-order valence-electron chi connectivity index (χ2n) is 3.80. The van der Waals surface area contributed by atoms with E-state index in [2.05, 4.69) is 11.4 Å². The van der Waals surface area contributed by atoms with E-state index in [0.717, 1.165) is 24.6 Å². The molecule has 2 rings (SSSR count). The topological polar surface area (TPSA) is 30.5 Å². The quantitative estimate of drug-likeness (QED) is 0.883. The van der Waals surface area contributed by atoms with Crippen LogP contribution >= 0.6 is 12.4 Å². The van der Waals surface area contributed by atoms with Gasteiger partial charge in [0, 0.05) is 18.5 Å². The third-order valence-electron chi connectivity index (χ3n) is 2.94. The Morgan fingerprint density at radius 1 is 1.25 bits per heavy atom. The average molecular weight is 244 g/mol. The van der Waals surface area contributed by atoms with Gasteiger partial charge >= 0.3 is 0 Å². The molecule has 0 aromatic heterocycles. The van der Waals surface area contributed by atoms with Crippen molar-refractivity contribution >= 4 is 12.4 Å².